The highest BCUT2D eigenvalue weighted by Crippen LogP contribution is 2.42. The smallest absolute Gasteiger partial charge is 0.366 e. The number of carbonyl (C=O) groups excluding carboxylic acids is 2. The molecule has 0 heterocycles. The molecule has 2 rings (SSSR count). The van der Waals surface area contributed by atoms with Crippen LogP contribution in [-0.4, -0.2) is 30.7 Å². The van der Waals surface area contributed by atoms with E-state index in [4.69, 9.17) is 40.5 Å². The molecule has 0 spiro atoms. The Morgan fingerprint density at radius 3 is 2.05 bits per heavy atom. The number of carbonyl (C=O) groups is 2. The topological polar surface area (TPSA) is 72.2 Å². The molecule has 3 N–H and O–H groups in total. The van der Waals surface area contributed by atoms with Gasteiger partial charge in [0.25, 0.3) is 0 Å². The second-order valence-corrected chi connectivity index (χ2v) is 8.98. The fourth-order valence-corrected chi connectivity index (χ4v) is 4.07. The lowest BCUT2D eigenvalue weighted by Gasteiger charge is -2.20. The van der Waals surface area contributed by atoms with Crippen LogP contribution in [0.2, 0.25) is 15.1 Å². The van der Waals surface area contributed by atoms with Crippen molar-refractivity contribution >= 4 is 52.4 Å². The lowest BCUT2D eigenvalue weighted by atomic mass is 9.88. The molecule has 0 aliphatic rings. The fraction of sp³-hybridized carbons (Fsp3) is 0.304. The summed E-state index contributed by atoms with van der Waals surface area (Å²) in [4.78, 5) is 24.3. The summed E-state index contributed by atoms with van der Waals surface area (Å²) in [6.07, 6.45) is -9.64. The van der Waals surface area contributed by atoms with E-state index in [-0.39, 0.29) is 38.7 Å². The first-order valence-electron chi connectivity index (χ1n) is 10.3. The molecule has 202 valence electrons. The molecule has 1 unspecified atom stereocenters. The average molecular weight is 594 g/mol. The quantitative estimate of drug-likeness (QED) is 0.245. The van der Waals surface area contributed by atoms with Crippen molar-refractivity contribution in [2.45, 2.75) is 37.5 Å². The van der Waals surface area contributed by atoms with Crippen molar-refractivity contribution in [3.8, 4) is 0 Å². The van der Waals surface area contributed by atoms with Gasteiger partial charge >= 0.3 is 12.4 Å². The molecule has 0 saturated carbocycles. The Hall–Kier alpha value is -2.50. The maximum absolute atomic E-state index is 15.2. The molecule has 2 aromatic rings. The Kier molecular flexibility index (Phi) is 9.89. The van der Waals surface area contributed by atoms with E-state index >= 15 is 4.39 Å². The highest BCUT2D eigenvalue weighted by atomic mass is 35.5. The maximum Gasteiger partial charge on any atom is 0.405 e. The van der Waals surface area contributed by atoms with Gasteiger partial charge in [0.15, 0.2) is 0 Å². The lowest BCUT2D eigenvalue weighted by Crippen LogP contribution is -2.37. The van der Waals surface area contributed by atoms with Crippen LogP contribution in [0.5, 0.6) is 0 Å². The molecule has 0 saturated heterocycles. The second kappa shape index (κ2) is 11.9. The van der Waals surface area contributed by atoms with Gasteiger partial charge in [-0.05, 0) is 47.9 Å². The van der Waals surface area contributed by atoms with Crippen molar-refractivity contribution in [1.82, 2.24) is 5.32 Å². The first kappa shape index (κ1) is 30.7. The number of allylic oxidation sites excluding steroid dienone is 1. The van der Waals surface area contributed by atoms with Crippen molar-refractivity contribution < 1.29 is 40.3 Å². The van der Waals surface area contributed by atoms with Gasteiger partial charge in [-0.25, -0.2) is 4.39 Å². The van der Waals surface area contributed by atoms with Gasteiger partial charge in [-0.1, -0.05) is 47.8 Å². The molecule has 14 heteroatoms. The van der Waals surface area contributed by atoms with E-state index in [2.05, 4.69) is 0 Å². The molecule has 0 radical (unpaired) electrons. The Balaban J connectivity index is 2.59. The zero-order chi connectivity index (χ0) is 28.3. The Morgan fingerprint density at radius 1 is 1.03 bits per heavy atom. The summed E-state index contributed by atoms with van der Waals surface area (Å²) in [6, 6.07) is 4.56. The molecule has 2 amide bonds. The van der Waals surface area contributed by atoms with Crippen LogP contribution in [0.4, 0.5) is 30.7 Å². The zero-order valence-corrected chi connectivity index (χ0v) is 21.0. The van der Waals surface area contributed by atoms with Crippen LogP contribution < -0.4 is 11.1 Å². The van der Waals surface area contributed by atoms with Crippen LogP contribution in [-0.2, 0) is 4.79 Å². The van der Waals surface area contributed by atoms with Crippen molar-refractivity contribution in [3.63, 3.8) is 0 Å². The normalized spacial score (nSPS) is 14.3. The molecule has 0 aliphatic carbocycles. The number of hydrogen-bond donors (Lipinski definition) is 2. The second-order valence-electron chi connectivity index (χ2n) is 7.79. The van der Waals surface area contributed by atoms with Gasteiger partial charge in [0.05, 0.1) is 21.0 Å². The van der Waals surface area contributed by atoms with Crippen molar-refractivity contribution in [2.75, 3.05) is 6.54 Å². The van der Waals surface area contributed by atoms with Crippen LogP contribution in [0.15, 0.2) is 36.4 Å². The monoisotopic (exact) mass is 592 g/mol. The number of nitrogens with one attached hydrogen (secondary N) is 1. The van der Waals surface area contributed by atoms with E-state index in [1.807, 2.05) is 0 Å². The predicted molar refractivity (Wildman–Crippen MR) is 126 cm³/mol. The molecule has 0 bridgehead atoms. The standard InChI is InChI=1S/C23H18Cl3F7N2O2/c1-2-12(21(37)35-9-22(28,29)30)14-5-10(3-4-13(14)20(34)36)18(27)8-15(23(31,32)33)11-6-16(24)19(26)17(25)7-11/h3-8,12,15H,2,9H2,1H3,(H2,34,36)(H,35,37)/b18-8-/t12-,15?/m1/s1. The SMILES string of the molecule is CC[C@@H](C(=O)NCC(F)(F)F)c1cc(/C(F)=C/C(c2cc(Cl)c(Cl)c(Cl)c2)C(F)(F)F)ccc1C(N)=O. The maximum atomic E-state index is 15.2. The van der Waals surface area contributed by atoms with Gasteiger partial charge < -0.3 is 11.1 Å². The van der Waals surface area contributed by atoms with Crippen molar-refractivity contribution in [1.29, 1.82) is 0 Å². The highest BCUT2D eigenvalue weighted by Gasteiger charge is 2.40. The Labute approximate surface area is 221 Å². The van der Waals surface area contributed by atoms with E-state index in [0.29, 0.717) is 0 Å². The average Bonchev–Trinajstić information content (AvgIpc) is 2.78. The molecule has 37 heavy (non-hydrogen) atoms. The van der Waals surface area contributed by atoms with Crippen LogP contribution in [0.25, 0.3) is 5.83 Å². The van der Waals surface area contributed by atoms with E-state index in [1.165, 1.54) is 6.92 Å². The molecule has 0 fully saturated rings. The number of primary amides is 1. The summed E-state index contributed by atoms with van der Waals surface area (Å²) in [6.45, 7) is -0.253. The minimum atomic E-state index is -5.00. The van der Waals surface area contributed by atoms with Gasteiger partial charge in [-0.3, -0.25) is 9.59 Å². The summed E-state index contributed by atoms with van der Waals surface area (Å²) in [5.74, 6) is -7.54. The number of alkyl halides is 6. The summed E-state index contributed by atoms with van der Waals surface area (Å²) < 4.78 is 94.2. The first-order valence-corrected chi connectivity index (χ1v) is 11.5. The van der Waals surface area contributed by atoms with Crippen LogP contribution in [0, 0.1) is 0 Å². The molecule has 2 aromatic carbocycles. The van der Waals surface area contributed by atoms with Crippen LogP contribution in [0.1, 0.15) is 52.2 Å². The minimum Gasteiger partial charge on any atom is -0.366 e. The summed E-state index contributed by atoms with van der Waals surface area (Å²) >= 11 is 17.4. The zero-order valence-electron chi connectivity index (χ0n) is 18.7. The van der Waals surface area contributed by atoms with Gasteiger partial charge in [0.1, 0.15) is 18.3 Å². The summed E-state index contributed by atoms with van der Waals surface area (Å²) in [7, 11) is 0. The predicted octanol–water partition coefficient (Wildman–Crippen LogP) is 7.57. The third-order valence-electron chi connectivity index (χ3n) is 5.19. The Bertz CT molecular complexity index is 1190. The van der Waals surface area contributed by atoms with Crippen molar-refractivity contribution in [2.24, 2.45) is 5.73 Å². The largest absolute Gasteiger partial charge is 0.405 e. The lowest BCUT2D eigenvalue weighted by molar-refractivity contribution is -0.139. The molecular weight excluding hydrogens is 576 g/mol. The van der Waals surface area contributed by atoms with E-state index in [9.17, 15) is 35.9 Å². The number of benzene rings is 2. The third kappa shape index (κ3) is 7.99. The van der Waals surface area contributed by atoms with E-state index in [1.54, 1.807) is 5.32 Å². The summed E-state index contributed by atoms with van der Waals surface area (Å²) in [5, 5.41) is 0.880. The van der Waals surface area contributed by atoms with Gasteiger partial charge in [0, 0.05) is 11.1 Å². The number of amides is 2. The van der Waals surface area contributed by atoms with E-state index in [0.717, 1.165) is 30.3 Å². The Morgan fingerprint density at radius 2 is 1.59 bits per heavy atom. The molecule has 0 aliphatic heterocycles. The number of rotatable bonds is 8. The highest BCUT2D eigenvalue weighted by molar-refractivity contribution is 6.48. The minimum absolute atomic E-state index is 0.133. The van der Waals surface area contributed by atoms with E-state index < -0.39 is 59.5 Å². The number of hydrogen-bond acceptors (Lipinski definition) is 2. The van der Waals surface area contributed by atoms with Gasteiger partial charge in [-0.2, -0.15) is 26.3 Å². The number of nitrogens with two attached hydrogens (primary N) is 1. The van der Waals surface area contributed by atoms with Crippen LogP contribution in [0.3, 0.4) is 0 Å². The van der Waals surface area contributed by atoms with Gasteiger partial charge in [0.2, 0.25) is 11.8 Å². The molecule has 2 atom stereocenters. The fourth-order valence-electron chi connectivity index (χ4n) is 3.46. The number of halogens is 10. The summed E-state index contributed by atoms with van der Waals surface area (Å²) in [5.41, 5.74) is 3.72. The third-order valence-corrected chi connectivity index (χ3v) is 6.38. The van der Waals surface area contributed by atoms with Crippen LogP contribution >= 0.6 is 34.8 Å². The molecular formula is C23H18Cl3F7N2O2. The van der Waals surface area contributed by atoms with Crippen molar-refractivity contribution in [3.05, 3.63) is 73.7 Å². The molecule has 4 nitrogen and oxygen atoms in total. The van der Waals surface area contributed by atoms with Gasteiger partial charge in [-0.15, -0.1) is 0 Å². The first-order chi connectivity index (χ1) is 17.0. The molecule has 0 aromatic heterocycles.